The van der Waals surface area contributed by atoms with Gasteiger partial charge >= 0.3 is 0 Å². The summed E-state index contributed by atoms with van der Waals surface area (Å²) in [5.74, 6) is 0.654. The number of fused-ring (bicyclic) bond motifs is 2. The van der Waals surface area contributed by atoms with Crippen LogP contribution in [-0.4, -0.2) is 29.9 Å². The van der Waals surface area contributed by atoms with Crippen molar-refractivity contribution in [3.8, 4) is 11.5 Å². The van der Waals surface area contributed by atoms with Gasteiger partial charge in [-0.25, -0.2) is 14.6 Å². The van der Waals surface area contributed by atoms with Crippen LogP contribution >= 0.6 is 0 Å². The van der Waals surface area contributed by atoms with Crippen LogP contribution in [0.5, 0.6) is 0 Å². The predicted octanol–water partition coefficient (Wildman–Crippen LogP) is 3.01. The molecule has 0 bridgehead atoms. The average molecular weight is 316 g/mol. The fraction of sp³-hybridized carbons (Fsp3) is 0.0588. The molecule has 0 unspecified atom stereocenters. The summed E-state index contributed by atoms with van der Waals surface area (Å²) >= 11 is 0. The summed E-state index contributed by atoms with van der Waals surface area (Å²) in [6.07, 6.45) is 5.06. The van der Waals surface area contributed by atoms with E-state index in [1.807, 2.05) is 24.4 Å². The highest BCUT2D eigenvalue weighted by molar-refractivity contribution is 5.85. The van der Waals surface area contributed by atoms with E-state index in [-0.39, 0.29) is 0 Å². The van der Waals surface area contributed by atoms with Crippen LogP contribution in [0.3, 0.4) is 0 Å². The molecule has 0 radical (unpaired) electrons. The van der Waals surface area contributed by atoms with Gasteiger partial charge in [0.15, 0.2) is 16.9 Å². The summed E-state index contributed by atoms with van der Waals surface area (Å²) in [6, 6.07) is 11.9. The molecule has 7 nitrogen and oxygen atoms in total. The zero-order valence-corrected chi connectivity index (χ0v) is 12.5. The molecule has 0 aliphatic rings. The fourth-order valence-corrected chi connectivity index (χ4v) is 2.93. The first-order chi connectivity index (χ1) is 11.9. The molecule has 5 rings (SSSR count). The Bertz CT molecular complexity index is 1140. The molecule has 0 atom stereocenters. The molecule has 116 valence electrons. The Balaban J connectivity index is 1.64. The van der Waals surface area contributed by atoms with Crippen molar-refractivity contribution in [3.05, 3.63) is 60.7 Å². The Kier molecular flexibility index (Phi) is 2.72. The van der Waals surface area contributed by atoms with Crippen molar-refractivity contribution >= 4 is 22.1 Å². The maximum absolute atomic E-state index is 5.43. The number of nitrogens with zero attached hydrogens (tertiary/aromatic N) is 5. The molecule has 5 aromatic rings. The Labute approximate surface area is 136 Å². The van der Waals surface area contributed by atoms with Crippen molar-refractivity contribution in [1.29, 1.82) is 0 Å². The molecule has 7 heteroatoms. The molecule has 0 saturated heterocycles. The number of hydrogen-bond acceptors (Lipinski definition) is 5. The number of para-hydroxylation sites is 1. The first kappa shape index (κ1) is 13.0. The lowest BCUT2D eigenvalue weighted by atomic mass is 10.1. The first-order valence-corrected chi connectivity index (χ1v) is 7.53. The van der Waals surface area contributed by atoms with Gasteiger partial charge in [-0.2, -0.15) is 0 Å². The Hall–Kier alpha value is -3.48. The summed E-state index contributed by atoms with van der Waals surface area (Å²) in [4.78, 5) is 11.9. The third-order valence-electron chi connectivity index (χ3n) is 4.05. The van der Waals surface area contributed by atoms with Gasteiger partial charge in [0.1, 0.15) is 12.0 Å². The second-order valence-electron chi connectivity index (χ2n) is 5.48. The third kappa shape index (κ3) is 1.91. The van der Waals surface area contributed by atoms with Crippen LogP contribution in [0, 0.1) is 0 Å². The maximum Gasteiger partial charge on any atom is 0.182 e. The molecule has 24 heavy (non-hydrogen) atoms. The predicted molar refractivity (Wildman–Crippen MR) is 88.2 cm³/mol. The number of benzene rings is 1. The van der Waals surface area contributed by atoms with Gasteiger partial charge in [0.25, 0.3) is 0 Å². The summed E-state index contributed by atoms with van der Waals surface area (Å²) in [5.41, 5.74) is 4.18. The average Bonchev–Trinajstić information content (AvgIpc) is 3.36. The number of hydrogen-bond donors (Lipinski definition) is 1. The number of rotatable bonds is 3. The number of furan rings is 1. The van der Waals surface area contributed by atoms with E-state index >= 15 is 0 Å². The van der Waals surface area contributed by atoms with E-state index in [0.717, 1.165) is 11.1 Å². The highest BCUT2D eigenvalue weighted by Gasteiger charge is 2.15. The van der Waals surface area contributed by atoms with E-state index in [1.165, 1.54) is 11.7 Å². The summed E-state index contributed by atoms with van der Waals surface area (Å²) in [6.45, 7) is 0.572. The second kappa shape index (κ2) is 5.02. The van der Waals surface area contributed by atoms with Crippen molar-refractivity contribution in [2.24, 2.45) is 0 Å². The van der Waals surface area contributed by atoms with Crippen molar-refractivity contribution in [1.82, 2.24) is 29.9 Å². The Morgan fingerprint density at radius 1 is 1.08 bits per heavy atom. The number of aromatic amines is 1. The van der Waals surface area contributed by atoms with Gasteiger partial charge in [-0.1, -0.05) is 23.4 Å². The van der Waals surface area contributed by atoms with Gasteiger partial charge in [0.2, 0.25) is 0 Å². The fourth-order valence-electron chi connectivity index (χ4n) is 2.93. The maximum atomic E-state index is 5.43. The van der Waals surface area contributed by atoms with Crippen LogP contribution in [0.4, 0.5) is 0 Å². The number of aromatic nitrogens is 6. The van der Waals surface area contributed by atoms with Gasteiger partial charge in [-0.15, -0.1) is 5.10 Å². The number of nitrogens with one attached hydrogen (secondary N) is 1. The van der Waals surface area contributed by atoms with Crippen LogP contribution in [0.25, 0.3) is 33.5 Å². The van der Waals surface area contributed by atoms with Crippen LogP contribution < -0.4 is 0 Å². The SMILES string of the molecule is c1coc(-c2ncnc3c2nnn3Cc2cccc3cc[nH]c23)c1. The van der Waals surface area contributed by atoms with E-state index < -0.39 is 0 Å². The highest BCUT2D eigenvalue weighted by atomic mass is 16.3. The van der Waals surface area contributed by atoms with E-state index in [2.05, 4.69) is 43.5 Å². The topological polar surface area (TPSA) is 85.4 Å². The molecule has 0 aliphatic carbocycles. The molecule has 0 amide bonds. The lowest BCUT2D eigenvalue weighted by molar-refractivity contribution is 0.580. The third-order valence-corrected chi connectivity index (χ3v) is 4.05. The van der Waals surface area contributed by atoms with Crippen molar-refractivity contribution in [2.45, 2.75) is 6.54 Å². The van der Waals surface area contributed by atoms with Crippen molar-refractivity contribution in [2.75, 3.05) is 0 Å². The molecule has 0 saturated carbocycles. The number of H-pyrrole nitrogens is 1. The van der Waals surface area contributed by atoms with Crippen molar-refractivity contribution in [3.63, 3.8) is 0 Å². The Morgan fingerprint density at radius 2 is 2.08 bits per heavy atom. The standard InChI is InChI=1S/C17H12N6O/c1-3-11-6-7-18-14(11)12(4-1)9-23-17-16(21-22-23)15(19-10-20-17)13-5-2-8-24-13/h1-8,10,18H,9H2. The lowest BCUT2D eigenvalue weighted by Crippen LogP contribution is -2.03. The van der Waals surface area contributed by atoms with E-state index in [1.54, 1.807) is 10.9 Å². The second-order valence-corrected chi connectivity index (χ2v) is 5.48. The minimum atomic E-state index is 0.572. The summed E-state index contributed by atoms with van der Waals surface area (Å²) in [5, 5.41) is 9.69. The minimum Gasteiger partial charge on any atom is -0.463 e. The zero-order valence-electron chi connectivity index (χ0n) is 12.5. The van der Waals surface area contributed by atoms with E-state index in [0.29, 0.717) is 29.2 Å². The monoisotopic (exact) mass is 316 g/mol. The van der Waals surface area contributed by atoms with E-state index in [4.69, 9.17) is 4.42 Å². The van der Waals surface area contributed by atoms with Gasteiger partial charge in [-0.3, -0.25) is 0 Å². The van der Waals surface area contributed by atoms with Crippen LogP contribution in [0.2, 0.25) is 0 Å². The van der Waals surface area contributed by atoms with E-state index in [9.17, 15) is 0 Å². The Morgan fingerprint density at radius 3 is 3.00 bits per heavy atom. The molecule has 0 spiro atoms. The quantitative estimate of drug-likeness (QED) is 0.553. The smallest absolute Gasteiger partial charge is 0.182 e. The highest BCUT2D eigenvalue weighted by Crippen LogP contribution is 2.24. The largest absolute Gasteiger partial charge is 0.463 e. The molecule has 0 fully saturated rings. The van der Waals surface area contributed by atoms with Gasteiger partial charge in [0.05, 0.1) is 18.3 Å². The van der Waals surface area contributed by atoms with Crippen LogP contribution in [0.15, 0.2) is 59.6 Å². The molecule has 4 heterocycles. The summed E-state index contributed by atoms with van der Waals surface area (Å²) in [7, 11) is 0. The molecular formula is C17H12N6O. The summed E-state index contributed by atoms with van der Waals surface area (Å²) < 4.78 is 7.21. The molecule has 1 aromatic carbocycles. The van der Waals surface area contributed by atoms with Crippen LogP contribution in [-0.2, 0) is 6.54 Å². The van der Waals surface area contributed by atoms with Gasteiger partial charge in [0, 0.05) is 6.20 Å². The minimum absolute atomic E-state index is 0.572. The first-order valence-electron chi connectivity index (χ1n) is 7.53. The van der Waals surface area contributed by atoms with Crippen molar-refractivity contribution < 1.29 is 4.42 Å². The zero-order chi connectivity index (χ0) is 15.9. The van der Waals surface area contributed by atoms with Crippen LogP contribution in [0.1, 0.15) is 5.56 Å². The molecule has 4 aromatic heterocycles. The normalized spacial score (nSPS) is 11.5. The molecule has 0 aliphatic heterocycles. The molecular weight excluding hydrogens is 304 g/mol. The van der Waals surface area contributed by atoms with Gasteiger partial charge in [-0.05, 0) is 29.1 Å². The lowest BCUT2D eigenvalue weighted by Gasteiger charge is -2.04. The van der Waals surface area contributed by atoms with Gasteiger partial charge < -0.3 is 9.40 Å². The molecule has 1 N–H and O–H groups in total.